The summed E-state index contributed by atoms with van der Waals surface area (Å²) in [5.74, 6) is 0.449. The van der Waals surface area contributed by atoms with E-state index < -0.39 is 4.92 Å². The average molecular weight is 463 g/mol. The van der Waals surface area contributed by atoms with E-state index in [1.807, 2.05) is 20.8 Å². The summed E-state index contributed by atoms with van der Waals surface area (Å²) in [6.45, 7) is 6.45. The van der Waals surface area contributed by atoms with E-state index in [1.54, 1.807) is 26.2 Å². The van der Waals surface area contributed by atoms with Gasteiger partial charge in [-0.25, -0.2) is 4.99 Å². The topological polar surface area (TPSA) is 99.9 Å². The number of amides is 1. The first-order valence-corrected chi connectivity index (χ1v) is 7.58. The van der Waals surface area contributed by atoms with Crippen LogP contribution in [-0.2, 0) is 11.3 Å². The van der Waals surface area contributed by atoms with Crippen molar-refractivity contribution in [2.45, 2.75) is 32.9 Å². The predicted octanol–water partition coefficient (Wildman–Crippen LogP) is 2.13. The molecule has 0 unspecified atom stereocenters. The highest BCUT2D eigenvalue weighted by Crippen LogP contribution is 2.12. The SMILES string of the molecule is CN(C)C(=O)CNC(=NCc1ccc([N+](=O)[O-])cc1)NC(C)(C)C.I. The first-order valence-electron chi connectivity index (χ1n) is 7.58. The highest BCUT2D eigenvalue weighted by Gasteiger charge is 2.13. The molecule has 0 fully saturated rings. The number of nitrogens with zero attached hydrogens (tertiary/aromatic N) is 3. The fourth-order valence-electron chi connectivity index (χ4n) is 1.71. The van der Waals surface area contributed by atoms with Crippen LogP contribution in [0.2, 0.25) is 0 Å². The Hall–Kier alpha value is -1.91. The number of carbonyl (C=O) groups is 1. The zero-order chi connectivity index (χ0) is 18.3. The minimum absolute atomic E-state index is 0. The molecule has 0 aliphatic carbocycles. The van der Waals surface area contributed by atoms with Gasteiger partial charge >= 0.3 is 0 Å². The van der Waals surface area contributed by atoms with Crippen LogP contribution in [0, 0.1) is 10.1 Å². The number of nitro groups is 1. The Kier molecular flexibility index (Phi) is 9.39. The zero-order valence-electron chi connectivity index (χ0n) is 15.2. The number of rotatable bonds is 5. The molecule has 1 rings (SSSR count). The van der Waals surface area contributed by atoms with Gasteiger partial charge in [0.2, 0.25) is 5.91 Å². The maximum Gasteiger partial charge on any atom is 0.269 e. The van der Waals surface area contributed by atoms with Gasteiger partial charge in [-0.2, -0.15) is 0 Å². The molecule has 0 spiro atoms. The van der Waals surface area contributed by atoms with E-state index in [-0.39, 0.29) is 47.7 Å². The molecule has 0 saturated heterocycles. The van der Waals surface area contributed by atoms with Crippen molar-refractivity contribution in [2.24, 2.45) is 4.99 Å². The number of benzene rings is 1. The third-order valence-corrected chi connectivity index (χ3v) is 2.97. The highest BCUT2D eigenvalue weighted by molar-refractivity contribution is 14.0. The number of likely N-dealkylation sites (N-methyl/N-ethyl adjacent to an activating group) is 1. The van der Waals surface area contributed by atoms with Crippen molar-refractivity contribution in [1.82, 2.24) is 15.5 Å². The number of aliphatic imine (C=N–C) groups is 1. The van der Waals surface area contributed by atoms with E-state index in [0.717, 1.165) is 5.56 Å². The van der Waals surface area contributed by atoms with Crippen molar-refractivity contribution in [3.8, 4) is 0 Å². The van der Waals surface area contributed by atoms with Gasteiger partial charge in [-0.15, -0.1) is 24.0 Å². The minimum Gasteiger partial charge on any atom is -0.352 e. The molecule has 0 saturated carbocycles. The zero-order valence-corrected chi connectivity index (χ0v) is 17.5. The third-order valence-electron chi connectivity index (χ3n) is 2.97. The van der Waals surface area contributed by atoms with Gasteiger partial charge in [0.05, 0.1) is 18.0 Å². The van der Waals surface area contributed by atoms with E-state index >= 15 is 0 Å². The van der Waals surface area contributed by atoms with Gasteiger partial charge in [-0.1, -0.05) is 12.1 Å². The molecule has 0 aliphatic heterocycles. The molecule has 1 amide bonds. The fourth-order valence-corrected chi connectivity index (χ4v) is 1.71. The number of nitrogens with one attached hydrogen (secondary N) is 2. The molecule has 9 heteroatoms. The molecule has 0 atom stereocenters. The van der Waals surface area contributed by atoms with Gasteiger partial charge in [0, 0.05) is 31.8 Å². The second-order valence-corrected chi connectivity index (χ2v) is 6.61. The average Bonchev–Trinajstić information content (AvgIpc) is 2.48. The monoisotopic (exact) mass is 463 g/mol. The Morgan fingerprint density at radius 3 is 2.24 bits per heavy atom. The highest BCUT2D eigenvalue weighted by atomic mass is 127. The molecule has 1 aromatic rings. The number of hydrogen-bond acceptors (Lipinski definition) is 4. The van der Waals surface area contributed by atoms with Gasteiger partial charge in [0.15, 0.2) is 5.96 Å². The number of guanidine groups is 1. The van der Waals surface area contributed by atoms with Crippen molar-refractivity contribution in [3.05, 3.63) is 39.9 Å². The van der Waals surface area contributed by atoms with E-state index in [9.17, 15) is 14.9 Å². The quantitative estimate of drug-likeness (QED) is 0.229. The van der Waals surface area contributed by atoms with E-state index in [4.69, 9.17) is 0 Å². The first kappa shape index (κ1) is 23.1. The minimum atomic E-state index is -0.436. The summed E-state index contributed by atoms with van der Waals surface area (Å²) in [5, 5.41) is 16.9. The Labute approximate surface area is 165 Å². The fraction of sp³-hybridized carbons (Fsp3) is 0.500. The molecule has 8 nitrogen and oxygen atoms in total. The Balaban J connectivity index is 0.00000576. The van der Waals surface area contributed by atoms with Gasteiger partial charge in [-0.3, -0.25) is 14.9 Å². The summed E-state index contributed by atoms with van der Waals surface area (Å²) >= 11 is 0. The Bertz CT molecular complexity index is 609. The maximum atomic E-state index is 11.7. The van der Waals surface area contributed by atoms with Crippen molar-refractivity contribution in [3.63, 3.8) is 0 Å². The molecule has 0 aliphatic rings. The summed E-state index contributed by atoms with van der Waals surface area (Å²) in [6, 6.07) is 6.23. The van der Waals surface area contributed by atoms with Crippen LogP contribution in [-0.4, -0.2) is 47.9 Å². The third kappa shape index (κ3) is 9.22. The largest absolute Gasteiger partial charge is 0.352 e. The maximum absolute atomic E-state index is 11.7. The summed E-state index contributed by atoms with van der Waals surface area (Å²) < 4.78 is 0. The molecular formula is C16H26IN5O3. The second kappa shape index (κ2) is 10.2. The van der Waals surface area contributed by atoms with Crippen LogP contribution in [0.4, 0.5) is 5.69 Å². The molecule has 25 heavy (non-hydrogen) atoms. The van der Waals surface area contributed by atoms with E-state index in [2.05, 4.69) is 15.6 Å². The molecule has 140 valence electrons. The molecule has 0 radical (unpaired) electrons. The van der Waals surface area contributed by atoms with Crippen LogP contribution < -0.4 is 10.6 Å². The van der Waals surface area contributed by atoms with E-state index in [1.165, 1.54) is 17.0 Å². The first-order chi connectivity index (χ1) is 11.1. The number of carbonyl (C=O) groups excluding carboxylic acids is 1. The van der Waals surface area contributed by atoms with Crippen LogP contribution in [0.15, 0.2) is 29.3 Å². The van der Waals surface area contributed by atoms with Gasteiger partial charge in [-0.05, 0) is 26.3 Å². The summed E-state index contributed by atoms with van der Waals surface area (Å²) in [7, 11) is 3.38. The molecule has 0 heterocycles. The predicted molar refractivity (Wildman–Crippen MR) is 109 cm³/mol. The number of non-ortho nitro benzene ring substituents is 1. The lowest BCUT2D eigenvalue weighted by Crippen LogP contribution is -2.49. The Morgan fingerprint density at radius 2 is 1.80 bits per heavy atom. The lowest BCUT2D eigenvalue weighted by molar-refractivity contribution is -0.384. The van der Waals surface area contributed by atoms with Crippen LogP contribution in [0.1, 0.15) is 26.3 Å². The molecule has 0 aromatic heterocycles. The Morgan fingerprint density at radius 1 is 1.24 bits per heavy atom. The molecular weight excluding hydrogens is 437 g/mol. The van der Waals surface area contributed by atoms with Gasteiger partial charge < -0.3 is 15.5 Å². The smallest absolute Gasteiger partial charge is 0.269 e. The van der Waals surface area contributed by atoms with Crippen molar-refractivity contribution >= 4 is 41.5 Å². The van der Waals surface area contributed by atoms with Crippen LogP contribution >= 0.6 is 24.0 Å². The van der Waals surface area contributed by atoms with Crippen molar-refractivity contribution in [2.75, 3.05) is 20.6 Å². The van der Waals surface area contributed by atoms with E-state index in [0.29, 0.717) is 12.5 Å². The van der Waals surface area contributed by atoms with Gasteiger partial charge in [0.1, 0.15) is 0 Å². The van der Waals surface area contributed by atoms with Crippen molar-refractivity contribution in [1.29, 1.82) is 0 Å². The number of hydrogen-bond donors (Lipinski definition) is 2. The summed E-state index contributed by atoms with van der Waals surface area (Å²) in [4.78, 5) is 27.9. The van der Waals surface area contributed by atoms with Crippen molar-refractivity contribution < 1.29 is 9.72 Å². The van der Waals surface area contributed by atoms with Crippen LogP contribution in [0.5, 0.6) is 0 Å². The molecule has 2 N–H and O–H groups in total. The number of nitro benzene ring substituents is 1. The lowest BCUT2D eigenvalue weighted by atomic mass is 10.1. The van der Waals surface area contributed by atoms with Crippen LogP contribution in [0.25, 0.3) is 0 Å². The summed E-state index contributed by atoms with van der Waals surface area (Å²) in [5.41, 5.74) is 0.669. The normalized spacial score (nSPS) is 11.3. The lowest BCUT2D eigenvalue weighted by Gasteiger charge is -2.24. The van der Waals surface area contributed by atoms with Gasteiger partial charge in [0.25, 0.3) is 5.69 Å². The summed E-state index contributed by atoms with van der Waals surface area (Å²) in [6.07, 6.45) is 0. The second-order valence-electron chi connectivity index (χ2n) is 6.61. The number of halogens is 1. The van der Waals surface area contributed by atoms with Crippen LogP contribution in [0.3, 0.4) is 0 Å². The standard InChI is InChI=1S/C16H25N5O3.HI/c1-16(2,3)19-15(18-11-14(22)20(4)5)17-10-12-6-8-13(9-7-12)21(23)24;/h6-9H,10-11H2,1-5H3,(H2,17,18,19);1H. The molecule has 0 bridgehead atoms. The molecule has 1 aromatic carbocycles.